The first-order valence-corrected chi connectivity index (χ1v) is 6.06. The highest BCUT2D eigenvalue weighted by Crippen LogP contribution is 2.26. The standard InChI is InChI=1S/C14H13ClN2O2/c1-9-4-2-3-5-12(9)17-14(19)16-10-6-7-13(18)11(15)8-10/h2-8,18H,1H3,(H2,16,17,19). The Hall–Kier alpha value is -2.20. The van der Waals surface area contributed by atoms with Crippen molar-refractivity contribution in [2.75, 3.05) is 10.6 Å². The molecule has 0 heterocycles. The van der Waals surface area contributed by atoms with Crippen molar-refractivity contribution in [1.29, 1.82) is 0 Å². The SMILES string of the molecule is Cc1ccccc1NC(=O)Nc1ccc(O)c(Cl)c1. The fourth-order valence-electron chi connectivity index (χ4n) is 1.58. The van der Waals surface area contributed by atoms with Crippen LogP contribution >= 0.6 is 11.6 Å². The second kappa shape index (κ2) is 5.63. The molecule has 0 bridgehead atoms. The lowest BCUT2D eigenvalue weighted by Gasteiger charge is -2.10. The molecule has 0 saturated carbocycles. The molecule has 2 aromatic carbocycles. The van der Waals surface area contributed by atoms with Gasteiger partial charge in [0.2, 0.25) is 0 Å². The largest absolute Gasteiger partial charge is 0.506 e. The van der Waals surface area contributed by atoms with Crippen LogP contribution in [0.25, 0.3) is 0 Å². The van der Waals surface area contributed by atoms with E-state index in [9.17, 15) is 9.90 Å². The van der Waals surface area contributed by atoms with E-state index in [1.54, 1.807) is 6.07 Å². The van der Waals surface area contributed by atoms with E-state index in [4.69, 9.17) is 11.6 Å². The Kier molecular flexibility index (Phi) is 3.92. The average molecular weight is 277 g/mol. The van der Waals surface area contributed by atoms with Gasteiger partial charge in [0.1, 0.15) is 5.75 Å². The normalized spacial score (nSPS) is 10.0. The molecule has 98 valence electrons. The molecule has 2 aromatic rings. The minimum atomic E-state index is -0.365. The zero-order valence-electron chi connectivity index (χ0n) is 10.3. The van der Waals surface area contributed by atoms with Gasteiger partial charge in [-0.15, -0.1) is 0 Å². The van der Waals surface area contributed by atoms with Gasteiger partial charge in [0, 0.05) is 11.4 Å². The van der Waals surface area contributed by atoms with Crippen molar-refractivity contribution >= 4 is 29.0 Å². The first-order chi connectivity index (χ1) is 9.06. The number of aromatic hydroxyl groups is 1. The quantitative estimate of drug-likeness (QED) is 0.726. The topological polar surface area (TPSA) is 61.4 Å². The number of urea groups is 1. The summed E-state index contributed by atoms with van der Waals surface area (Å²) in [6, 6.07) is 11.6. The van der Waals surface area contributed by atoms with Gasteiger partial charge >= 0.3 is 6.03 Å². The lowest BCUT2D eigenvalue weighted by atomic mass is 10.2. The van der Waals surface area contributed by atoms with E-state index >= 15 is 0 Å². The van der Waals surface area contributed by atoms with Crippen LogP contribution in [0.1, 0.15) is 5.56 Å². The fraction of sp³-hybridized carbons (Fsp3) is 0.0714. The van der Waals surface area contributed by atoms with Crippen LogP contribution in [-0.4, -0.2) is 11.1 Å². The maximum atomic E-state index is 11.8. The molecule has 4 nitrogen and oxygen atoms in total. The van der Waals surface area contributed by atoms with Crippen LogP contribution in [0, 0.1) is 6.92 Å². The van der Waals surface area contributed by atoms with Crippen LogP contribution < -0.4 is 10.6 Å². The van der Waals surface area contributed by atoms with E-state index in [1.165, 1.54) is 12.1 Å². The average Bonchev–Trinajstić information content (AvgIpc) is 2.37. The van der Waals surface area contributed by atoms with E-state index in [0.29, 0.717) is 5.69 Å². The minimum absolute atomic E-state index is 0.0217. The number of nitrogens with one attached hydrogen (secondary N) is 2. The van der Waals surface area contributed by atoms with Crippen molar-refractivity contribution in [2.45, 2.75) is 6.92 Å². The van der Waals surface area contributed by atoms with Gasteiger partial charge in [-0.2, -0.15) is 0 Å². The fourth-order valence-corrected chi connectivity index (χ4v) is 1.76. The second-order valence-corrected chi connectivity index (χ2v) is 4.47. The molecule has 2 amide bonds. The van der Waals surface area contributed by atoms with Crippen LogP contribution in [0.3, 0.4) is 0 Å². The smallest absolute Gasteiger partial charge is 0.323 e. The molecule has 0 aromatic heterocycles. The molecule has 0 fully saturated rings. The second-order valence-electron chi connectivity index (χ2n) is 4.06. The third kappa shape index (κ3) is 3.39. The number of benzene rings is 2. The number of rotatable bonds is 2. The third-order valence-corrected chi connectivity index (χ3v) is 2.90. The van der Waals surface area contributed by atoms with E-state index in [2.05, 4.69) is 10.6 Å². The van der Waals surface area contributed by atoms with Crippen molar-refractivity contribution < 1.29 is 9.90 Å². The Morgan fingerprint density at radius 2 is 1.89 bits per heavy atom. The number of hydrogen-bond acceptors (Lipinski definition) is 2. The first kappa shape index (κ1) is 13.2. The number of aryl methyl sites for hydroxylation is 1. The number of amides is 2. The summed E-state index contributed by atoms with van der Waals surface area (Å²) >= 11 is 5.76. The summed E-state index contributed by atoms with van der Waals surface area (Å²) in [6.07, 6.45) is 0. The van der Waals surface area contributed by atoms with Gasteiger partial charge in [-0.3, -0.25) is 0 Å². The summed E-state index contributed by atoms with van der Waals surface area (Å²) < 4.78 is 0. The maximum absolute atomic E-state index is 11.8. The molecule has 0 aliphatic rings. The Balaban J connectivity index is 2.05. The van der Waals surface area contributed by atoms with Crippen LogP contribution in [0.4, 0.5) is 16.2 Å². The van der Waals surface area contributed by atoms with Crippen LogP contribution in [0.15, 0.2) is 42.5 Å². The Morgan fingerprint density at radius 3 is 2.58 bits per heavy atom. The molecular formula is C14H13ClN2O2. The van der Waals surface area contributed by atoms with Crippen LogP contribution in [0.5, 0.6) is 5.75 Å². The van der Waals surface area contributed by atoms with E-state index in [1.807, 2.05) is 31.2 Å². The zero-order chi connectivity index (χ0) is 13.8. The highest BCUT2D eigenvalue weighted by atomic mass is 35.5. The highest BCUT2D eigenvalue weighted by molar-refractivity contribution is 6.32. The predicted octanol–water partition coefficient (Wildman–Crippen LogP) is 4.00. The summed E-state index contributed by atoms with van der Waals surface area (Å²) in [4.78, 5) is 11.8. The number of phenols is 1. The lowest BCUT2D eigenvalue weighted by molar-refractivity contribution is 0.262. The first-order valence-electron chi connectivity index (χ1n) is 5.68. The van der Waals surface area contributed by atoms with Crippen molar-refractivity contribution in [2.24, 2.45) is 0 Å². The van der Waals surface area contributed by atoms with Gasteiger partial charge < -0.3 is 15.7 Å². The molecule has 0 atom stereocenters. The third-order valence-electron chi connectivity index (χ3n) is 2.60. The van der Waals surface area contributed by atoms with Crippen molar-refractivity contribution in [3.05, 3.63) is 53.1 Å². The van der Waals surface area contributed by atoms with Crippen molar-refractivity contribution in [3.63, 3.8) is 0 Å². The van der Waals surface area contributed by atoms with E-state index in [-0.39, 0.29) is 16.8 Å². The Morgan fingerprint density at radius 1 is 1.16 bits per heavy atom. The number of carbonyl (C=O) groups excluding carboxylic acids is 1. The molecule has 5 heteroatoms. The Labute approximate surface area is 116 Å². The summed E-state index contributed by atoms with van der Waals surface area (Å²) in [7, 11) is 0. The van der Waals surface area contributed by atoms with Gasteiger partial charge in [-0.1, -0.05) is 29.8 Å². The monoisotopic (exact) mass is 276 g/mol. The van der Waals surface area contributed by atoms with Gasteiger partial charge in [-0.25, -0.2) is 4.79 Å². The van der Waals surface area contributed by atoms with Crippen molar-refractivity contribution in [1.82, 2.24) is 0 Å². The summed E-state index contributed by atoms with van der Waals surface area (Å²) in [5.74, 6) is -0.0217. The van der Waals surface area contributed by atoms with Crippen LogP contribution in [0.2, 0.25) is 5.02 Å². The summed E-state index contributed by atoms with van der Waals surface area (Å²) in [6.45, 7) is 1.91. The molecule has 0 spiro atoms. The molecule has 0 saturated heterocycles. The van der Waals surface area contributed by atoms with Crippen LogP contribution in [-0.2, 0) is 0 Å². The molecule has 19 heavy (non-hydrogen) atoms. The molecule has 3 N–H and O–H groups in total. The molecule has 0 aliphatic carbocycles. The molecule has 2 rings (SSSR count). The van der Waals surface area contributed by atoms with Gasteiger partial charge in [0.25, 0.3) is 0 Å². The van der Waals surface area contributed by atoms with Gasteiger partial charge in [-0.05, 0) is 36.8 Å². The molecule has 0 unspecified atom stereocenters. The Bertz CT molecular complexity index is 614. The maximum Gasteiger partial charge on any atom is 0.323 e. The number of carbonyl (C=O) groups is 1. The number of para-hydroxylation sites is 1. The highest BCUT2D eigenvalue weighted by Gasteiger charge is 2.06. The predicted molar refractivity (Wildman–Crippen MR) is 76.9 cm³/mol. The van der Waals surface area contributed by atoms with Crippen molar-refractivity contribution in [3.8, 4) is 5.75 Å². The summed E-state index contributed by atoms with van der Waals surface area (Å²) in [5.41, 5.74) is 2.22. The van der Waals surface area contributed by atoms with Gasteiger partial charge in [0.05, 0.1) is 5.02 Å². The minimum Gasteiger partial charge on any atom is -0.506 e. The molecule has 0 radical (unpaired) electrons. The zero-order valence-corrected chi connectivity index (χ0v) is 11.0. The van der Waals surface area contributed by atoms with Gasteiger partial charge in [0.15, 0.2) is 0 Å². The number of phenolic OH excluding ortho intramolecular Hbond substituents is 1. The summed E-state index contributed by atoms with van der Waals surface area (Å²) in [5, 5.41) is 14.9. The van der Waals surface area contributed by atoms with E-state index < -0.39 is 0 Å². The number of anilines is 2. The number of halogens is 1. The molecule has 0 aliphatic heterocycles. The lowest BCUT2D eigenvalue weighted by Crippen LogP contribution is -2.19. The van der Waals surface area contributed by atoms with E-state index in [0.717, 1.165) is 11.3 Å². The molecular weight excluding hydrogens is 264 g/mol. The number of hydrogen-bond donors (Lipinski definition) is 3.